The van der Waals surface area contributed by atoms with Crippen LogP contribution in [0.2, 0.25) is 0 Å². The summed E-state index contributed by atoms with van der Waals surface area (Å²) < 4.78 is 24.2. The second-order valence-electron chi connectivity index (χ2n) is 4.29. The predicted octanol–water partition coefficient (Wildman–Crippen LogP) is 0.467. The molecule has 94 valence electrons. The molecule has 0 aliphatic carbocycles. The second kappa shape index (κ2) is 4.52. The molecule has 2 rings (SSSR count). The van der Waals surface area contributed by atoms with Gasteiger partial charge >= 0.3 is 0 Å². The summed E-state index contributed by atoms with van der Waals surface area (Å²) in [5.41, 5.74) is 0.755. The van der Waals surface area contributed by atoms with Gasteiger partial charge in [-0.3, -0.25) is 4.79 Å². The Balaban J connectivity index is 2.12. The van der Waals surface area contributed by atoms with Crippen molar-refractivity contribution in [2.24, 2.45) is 0 Å². The van der Waals surface area contributed by atoms with Crippen molar-refractivity contribution in [1.82, 2.24) is 4.57 Å². The van der Waals surface area contributed by atoms with E-state index >= 15 is 0 Å². The first-order valence-corrected chi connectivity index (χ1v) is 7.50. The molecule has 1 unspecified atom stereocenters. The lowest BCUT2D eigenvalue weighted by Crippen LogP contribution is -2.23. The number of hydrogen-bond donors (Lipinski definition) is 1. The second-order valence-corrected chi connectivity index (χ2v) is 6.52. The maximum Gasteiger partial charge on any atom is 0.250 e. The fourth-order valence-electron chi connectivity index (χ4n) is 2.01. The van der Waals surface area contributed by atoms with E-state index in [1.165, 1.54) is 6.07 Å². The highest BCUT2D eigenvalue weighted by Crippen LogP contribution is 2.16. The molecule has 17 heavy (non-hydrogen) atoms. The molecule has 0 spiro atoms. The molecule has 1 saturated heterocycles. The van der Waals surface area contributed by atoms with Crippen LogP contribution in [0.15, 0.2) is 23.1 Å². The van der Waals surface area contributed by atoms with Crippen molar-refractivity contribution in [3.8, 4) is 0 Å². The Morgan fingerprint density at radius 3 is 2.82 bits per heavy atom. The quantitative estimate of drug-likeness (QED) is 0.853. The number of aryl methyl sites for hydroxylation is 1. The average Bonchev–Trinajstić information content (AvgIpc) is 2.61. The molecule has 1 aromatic heterocycles. The van der Waals surface area contributed by atoms with E-state index in [9.17, 15) is 13.2 Å². The van der Waals surface area contributed by atoms with Crippen LogP contribution < -0.4 is 10.9 Å². The van der Waals surface area contributed by atoms with Gasteiger partial charge in [0.15, 0.2) is 9.84 Å². The summed E-state index contributed by atoms with van der Waals surface area (Å²) >= 11 is 0. The van der Waals surface area contributed by atoms with Crippen molar-refractivity contribution in [2.45, 2.75) is 25.9 Å². The number of nitrogens with one attached hydrogen (secondary N) is 1. The molecule has 1 N–H and O–H groups in total. The molecule has 0 saturated carbocycles. The van der Waals surface area contributed by atoms with Crippen molar-refractivity contribution in [3.05, 3.63) is 28.7 Å². The van der Waals surface area contributed by atoms with Crippen LogP contribution in [-0.4, -0.2) is 30.5 Å². The maximum atomic E-state index is 11.4. The zero-order valence-electron chi connectivity index (χ0n) is 9.72. The van der Waals surface area contributed by atoms with Gasteiger partial charge in [-0.2, -0.15) is 0 Å². The summed E-state index contributed by atoms with van der Waals surface area (Å²) in [6.07, 6.45) is 2.36. The van der Waals surface area contributed by atoms with E-state index in [-0.39, 0.29) is 23.1 Å². The van der Waals surface area contributed by atoms with Gasteiger partial charge in [-0.15, -0.1) is 0 Å². The Labute approximate surface area is 100 Å². The van der Waals surface area contributed by atoms with Gasteiger partial charge in [-0.25, -0.2) is 8.42 Å². The van der Waals surface area contributed by atoms with E-state index in [0.29, 0.717) is 13.0 Å². The van der Waals surface area contributed by atoms with Crippen molar-refractivity contribution in [1.29, 1.82) is 0 Å². The highest BCUT2D eigenvalue weighted by molar-refractivity contribution is 7.91. The highest BCUT2D eigenvalue weighted by Gasteiger charge is 2.27. The fourth-order valence-corrected chi connectivity index (χ4v) is 3.68. The lowest BCUT2D eigenvalue weighted by molar-refractivity contribution is 0.602. The average molecular weight is 256 g/mol. The summed E-state index contributed by atoms with van der Waals surface area (Å²) in [6, 6.07) is 3.15. The standard InChI is InChI=1S/C11H16N2O3S/c1-2-13-7-9(3-4-11(13)14)12-10-5-6-17(15,16)8-10/h3-4,7,10,12H,2,5-6,8H2,1H3. The number of anilines is 1. The molecular weight excluding hydrogens is 240 g/mol. The molecule has 5 nitrogen and oxygen atoms in total. The molecule has 6 heteroatoms. The largest absolute Gasteiger partial charge is 0.380 e. The van der Waals surface area contributed by atoms with Gasteiger partial charge < -0.3 is 9.88 Å². The lowest BCUT2D eigenvalue weighted by atomic mass is 10.2. The monoisotopic (exact) mass is 256 g/mol. The molecule has 1 fully saturated rings. The topological polar surface area (TPSA) is 68.2 Å². The molecule has 1 atom stereocenters. The SMILES string of the molecule is CCn1cc(NC2CCS(=O)(=O)C2)ccc1=O. The third kappa shape index (κ3) is 2.88. The van der Waals surface area contributed by atoms with Crippen LogP contribution >= 0.6 is 0 Å². The highest BCUT2D eigenvalue weighted by atomic mass is 32.2. The predicted molar refractivity (Wildman–Crippen MR) is 67.1 cm³/mol. The maximum absolute atomic E-state index is 11.4. The Morgan fingerprint density at radius 1 is 1.47 bits per heavy atom. The number of rotatable bonds is 3. The Hall–Kier alpha value is -1.30. The van der Waals surface area contributed by atoms with Crippen LogP contribution in [0.1, 0.15) is 13.3 Å². The van der Waals surface area contributed by atoms with Crippen molar-refractivity contribution in [3.63, 3.8) is 0 Å². The minimum Gasteiger partial charge on any atom is -0.380 e. The van der Waals surface area contributed by atoms with Gasteiger partial charge in [0.05, 0.1) is 17.2 Å². The van der Waals surface area contributed by atoms with Gasteiger partial charge in [0, 0.05) is 24.8 Å². The van der Waals surface area contributed by atoms with Crippen LogP contribution in [-0.2, 0) is 16.4 Å². The van der Waals surface area contributed by atoms with Gasteiger partial charge in [0.1, 0.15) is 0 Å². The van der Waals surface area contributed by atoms with E-state index in [1.807, 2.05) is 6.92 Å². The summed E-state index contributed by atoms with van der Waals surface area (Å²) in [5, 5.41) is 3.16. The van der Waals surface area contributed by atoms with E-state index in [0.717, 1.165) is 5.69 Å². The Bertz CT molecular complexity index is 562. The van der Waals surface area contributed by atoms with Crippen LogP contribution in [0.5, 0.6) is 0 Å². The van der Waals surface area contributed by atoms with E-state index in [2.05, 4.69) is 5.32 Å². The molecule has 2 heterocycles. The van der Waals surface area contributed by atoms with Crippen LogP contribution in [0, 0.1) is 0 Å². The zero-order valence-corrected chi connectivity index (χ0v) is 10.5. The number of hydrogen-bond acceptors (Lipinski definition) is 4. The van der Waals surface area contributed by atoms with E-state index in [1.54, 1.807) is 16.8 Å². The molecule has 0 aromatic carbocycles. The first-order chi connectivity index (χ1) is 8.00. The number of aromatic nitrogens is 1. The normalized spacial score (nSPS) is 22.5. The molecule has 0 amide bonds. The summed E-state index contributed by atoms with van der Waals surface area (Å²) in [6.45, 7) is 2.50. The van der Waals surface area contributed by atoms with Gasteiger partial charge in [0.2, 0.25) is 0 Å². The molecule has 1 aliphatic heterocycles. The molecule has 0 radical (unpaired) electrons. The molecular formula is C11H16N2O3S. The molecule has 1 aromatic rings. The summed E-state index contributed by atoms with van der Waals surface area (Å²) in [4.78, 5) is 11.4. The number of sulfone groups is 1. The van der Waals surface area contributed by atoms with Gasteiger partial charge in [-0.05, 0) is 19.4 Å². The van der Waals surface area contributed by atoms with Crippen LogP contribution in [0.4, 0.5) is 5.69 Å². The third-order valence-electron chi connectivity index (χ3n) is 2.93. The van der Waals surface area contributed by atoms with Crippen molar-refractivity contribution in [2.75, 3.05) is 16.8 Å². The first-order valence-electron chi connectivity index (χ1n) is 5.67. The Morgan fingerprint density at radius 2 is 2.24 bits per heavy atom. The van der Waals surface area contributed by atoms with Crippen molar-refractivity contribution >= 4 is 15.5 Å². The minimum absolute atomic E-state index is 0.0391. The minimum atomic E-state index is -2.87. The first kappa shape index (κ1) is 12.2. The molecule has 0 bridgehead atoms. The third-order valence-corrected chi connectivity index (χ3v) is 4.70. The van der Waals surface area contributed by atoms with Crippen molar-refractivity contribution < 1.29 is 8.42 Å². The van der Waals surface area contributed by atoms with E-state index in [4.69, 9.17) is 0 Å². The Kier molecular flexibility index (Phi) is 3.24. The van der Waals surface area contributed by atoms with Gasteiger partial charge in [0.25, 0.3) is 5.56 Å². The summed E-state index contributed by atoms with van der Waals surface area (Å²) in [5.74, 6) is 0.427. The zero-order chi connectivity index (χ0) is 12.5. The number of pyridine rings is 1. The van der Waals surface area contributed by atoms with E-state index < -0.39 is 9.84 Å². The lowest BCUT2D eigenvalue weighted by Gasteiger charge is -2.13. The molecule has 1 aliphatic rings. The number of nitrogens with zero attached hydrogens (tertiary/aromatic N) is 1. The van der Waals surface area contributed by atoms with Crippen LogP contribution in [0.3, 0.4) is 0 Å². The summed E-state index contributed by atoms with van der Waals surface area (Å²) in [7, 11) is -2.87. The fraction of sp³-hybridized carbons (Fsp3) is 0.545. The van der Waals surface area contributed by atoms with Gasteiger partial charge in [-0.1, -0.05) is 0 Å². The van der Waals surface area contributed by atoms with Crippen LogP contribution in [0.25, 0.3) is 0 Å². The smallest absolute Gasteiger partial charge is 0.250 e.